The third-order valence-corrected chi connectivity index (χ3v) is 4.04. The molecule has 0 aromatic carbocycles. The van der Waals surface area contributed by atoms with Gasteiger partial charge in [0.05, 0.1) is 5.97 Å². The van der Waals surface area contributed by atoms with Gasteiger partial charge in [0, 0.05) is 6.54 Å². The molecule has 0 aromatic rings. The predicted octanol–water partition coefficient (Wildman–Crippen LogP) is 0.763. The molecule has 0 amide bonds. The van der Waals surface area contributed by atoms with Gasteiger partial charge in [-0.05, 0) is 20.0 Å². The number of likely N-dealkylation sites (N-methyl/N-ethyl adjacent to an activating group) is 1. The van der Waals surface area contributed by atoms with Crippen molar-refractivity contribution in [3.8, 4) is 0 Å². The zero-order valence-corrected chi connectivity index (χ0v) is 17.4. The summed E-state index contributed by atoms with van der Waals surface area (Å²) in [7, 11) is 1.84. The number of carboxylic acid groups (broad SMARTS) is 1. The summed E-state index contributed by atoms with van der Waals surface area (Å²) in [6.07, 6.45) is 17.5. The largest absolute Gasteiger partial charge is 1.00 e. The summed E-state index contributed by atoms with van der Waals surface area (Å²) in [5.41, 5.74) is 0. The van der Waals surface area contributed by atoms with Gasteiger partial charge < -0.3 is 14.8 Å². The van der Waals surface area contributed by atoms with Gasteiger partial charge in [-0.15, -0.1) is 0 Å². The topological polar surface area (TPSA) is 43.4 Å². The number of aliphatic carboxylic acids is 1. The molecule has 22 heavy (non-hydrogen) atoms. The Balaban J connectivity index is 0. The first-order valence-electron chi connectivity index (χ1n) is 9.05. The van der Waals surface area contributed by atoms with Crippen molar-refractivity contribution in [1.82, 2.24) is 4.90 Å². The van der Waals surface area contributed by atoms with Gasteiger partial charge >= 0.3 is 29.6 Å². The molecule has 0 N–H and O–H groups in total. The van der Waals surface area contributed by atoms with Crippen LogP contribution >= 0.6 is 0 Å². The molecule has 0 aromatic heterocycles. The standard InChI is InChI=1S/C18H37NO2.Na/c1-3-4-5-6-7-8-9-10-11-12-13-14-15-16-19(2)17-18(20)21;/h3-17H2,1-2H3,(H,20,21);/q;+1/p-1. The average molecular weight is 321 g/mol. The van der Waals surface area contributed by atoms with Gasteiger partial charge in [0.15, 0.2) is 0 Å². The van der Waals surface area contributed by atoms with Crippen LogP contribution in [0.1, 0.15) is 90.4 Å². The van der Waals surface area contributed by atoms with Crippen LogP contribution in [-0.4, -0.2) is 31.0 Å². The molecular weight excluding hydrogens is 285 g/mol. The van der Waals surface area contributed by atoms with E-state index in [1.807, 2.05) is 11.9 Å². The van der Waals surface area contributed by atoms with Crippen LogP contribution in [0.4, 0.5) is 0 Å². The summed E-state index contributed by atoms with van der Waals surface area (Å²) in [6.45, 7) is 3.19. The fourth-order valence-corrected chi connectivity index (χ4v) is 2.70. The van der Waals surface area contributed by atoms with E-state index in [-0.39, 0.29) is 36.1 Å². The zero-order chi connectivity index (χ0) is 15.8. The van der Waals surface area contributed by atoms with Crippen LogP contribution in [0.3, 0.4) is 0 Å². The van der Waals surface area contributed by atoms with Crippen LogP contribution in [0.15, 0.2) is 0 Å². The van der Waals surface area contributed by atoms with Crippen molar-refractivity contribution in [2.75, 3.05) is 20.1 Å². The Bertz CT molecular complexity index is 237. The number of unbranched alkanes of at least 4 members (excludes halogenated alkanes) is 12. The van der Waals surface area contributed by atoms with Crippen LogP contribution in [-0.2, 0) is 4.79 Å². The molecule has 0 saturated heterocycles. The number of carbonyl (C=O) groups is 1. The van der Waals surface area contributed by atoms with Crippen molar-refractivity contribution in [3.05, 3.63) is 0 Å². The normalized spacial score (nSPS) is 10.7. The molecule has 126 valence electrons. The summed E-state index contributed by atoms with van der Waals surface area (Å²) in [6, 6.07) is 0. The Morgan fingerprint density at radius 1 is 0.773 bits per heavy atom. The number of hydrogen-bond donors (Lipinski definition) is 0. The number of hydrogen-bond acceptors (Lipinski definition) is 3. The average Bonchev–Trinajstić information content (AvgIpc) is 2.43. The molecule has 0 heterocycles. The Labute approximate surface area is 160 Å². The maximum Gasteiger partial charge on any atom is 1.00 e. The van der Waals surface area contributed by atoms with E-state index in [1.54, 1.807) is 0 Å². The molecule has 0 rings (SSSR count). The molecule has 0 spiro atoms. The van der Waals surface area contributed by atoms with E-state index >= 15 is 0 Å². The first kappa shape index (κ1) is 24.7. The van der Waals surface area contributed by atoms with E-state index in [1.165, 1.54) is 77.0 Å². The smallest absolute Gasteiger partial charge is 0.549 e. The number of carboxylic acids is 1. The Morgan fingerprint density at radius 3 is 1.50 bits per heavy atom. The summed E-state index contributed by atoms with van der Waals surface area (Å²) < 4.78 is 0. The van der Waals surface area contributed by atoms with Gasteiger partial charge in [0.1, 0.15) is 0 Å². The summed E-state index contributed by atoms with van der Waals surface area (Å²) in [5.74, 6) is -0.979. The number of rotatable bonds is 16. The summed E-state index contributed by atoms with van der Waals surface area (Å²) in [5, 5.41) is 10.4. The fourth-order valence-electron chi connectivity index (χ4n) is 2.70. The SMILES string of the molecule is CCCCCCCCCCCCCCCN(C)CC(=O)[O-].[Na+]. The van der Waals surface area contributed by atoms with E-state index < -0.39 is 5.97 Å². The van der Waals surface area contributed by atoms with Gasteiger partial charge in [-0.25, -0.2) is 0 Å². The van der Waals surface area contributed by atoms with Crippen LogP contribution in [0.2, 0.25) is 0 Å². The van der Waals surface area contributed by atoms with Gasteiger partial charge in [-0.3, -0.25) is 0 Å². The maximum absolute atomic E-state index is 10.4. The predicted molar refractivity (Wildman–Crippen MR) is 88.2 cm³/mol. The van der Waals surface area contributed by atoms with Crippen molar-refractivity contribution < 1.29 is 39.5 Å². The molecule has 0 aliphatic carbocycles. The molecule has 3 nitrogen and oxygen atoms in total. The van der Waals surface area contributed by atoms with Crippen LogP contribution < -0.4 is 34.7 Å². The molecule has 0 aliphatic rings. The van der Waals surface area contributed by atoms with Crippen LogP contribution in [0, 0.1) is 0 Å². The first-order chi connectivity index (χ1) is 10.2. The second kappa shape index (κ2) is 19.5. The molecule has 0 bridgehead atoms. The van der Waals surface area contributed by atoms with Crippen LogP contribution in [0.25, 0.3) is 0 Å². The molecule has 0 saturated carbocycles. The zero-order valence-electron chi connectivity index (χ0n) is 15.4. The molecular formula is C18H36NNaO2. The number of carbonyl (C=O) groups excluding carboxylic acids is 1. The third-order valence-electron chi connectivity index (χ3n) is 4.04. The number of nitrogens with zero attached hydrogens (tertiary/aromatic N) is 1. The third kappa shape index (κ3) is 20.4. The minimum absolute atomic E-state index is 0. The molecule has 0 atom stereocenters. The van der Waals surface area contributed by atoms with Gasteiger partial charge in [-0.1, -0.05) is 84.0 Å². The van der Waals surface area contributed by atoms with Crippen molar-refractivity contribution in [3.63, 3.8) is 0 Å². The van der Waals surface area contributed by atoms with Crippen molar-refractivity contribution in [1.29, 1.82) is 0 Å². The Morgan fingerprint density at radius 2 is 1.14 bits per heavy atom. The van der Waals surface area contributed by atoms with Gasteiger partial charge in [-0.2, -0.15) is 0 Å². The molecule has 0 aliphatic heterocycles. The van der Waals surface area contributed by atoms with Gasteiger partial charge in [0.25, 0.3) is 0 Å². The maximum atomic E-state index is 10.4. The second-order valence-corrected chi connectivity index (χ2v) is 6.35. The van der Waals surface area contributed by atoms with Crippen molar-refractivity contribution in [2.45, 2.75) is 90.4 Å². The quantitative estimate of drug-likeness (QED) is 0.311. The molecule has 4 heteroatoms. The Hall–Kier alpha value is 0.430. The van der Waals surface area contributed by atoms with E-state index in [4.69, 9.17) is 0 Å². The summed E-state index contributed by atoms with van der Waals surface area (Å²) >= 11 is 0. The van der Waals surface area contributed by atoms with E-state index in [0.717, 1.165) is 13.0 Å². The van der Waals surface area contributed by atoms with E-state index in [9.17, 15) is 9.90 Å². The monoisotopic (exact) mass is 321 g/mol. The van der Waals surface area contributed by atoms with E-state index in [0.29, 0.717) is 0 Å². The van der Waals surface area contributed by atoms with E-state index in [2.05, 4.69) is 6.92 Å². The minimum Gasteiger partial charge on any atom is -0.549 e. The Kier molecular flexibility index (Phi) is 21.8. The van der Waals surface area contributed by atoms with Crippen molar-refractivity contribution >= 4 is 5.97 Å². The molecule has 0 fully saturated rings. The minimum atomic E-state index is -0.979. The first-order valence-corrected chi connectivity index (χ1v) is 9.05. The van der Waals surface area contributed by atoms with Gasteiger partial charge in [0.2, 0.25) is 0 Å². The second-order valence-electron chi connectivity index (χ2n) is 6.35. The van der Waals surface area contributed by atoms with Crippen LogP contribution in [0.5, 0.6) is 0 Å². The molecule has 0 unspecified atom stereocenters. The molecule has 0 radical (unpaired) electrons. The van der Waals surface area contributed by atoms with Crippen molar-refractivity contribution in [2.24, 2.45) is 0 Å². The summed E-state index contributed by atoms with van der Waals surface area (Å²) in [4.78, 5) is 12.2. The fraction of sp³-hybridized carbons (Fsp3) is 0.944.